The Hall–Kier alpha value is -2.69. The molecule has 2 aliphatic rings. The second-order valence-corrected chi connectivity index (χ2v) is 7.66. The van der Waals surface area contributed by atoms with Crippen LogP contribution in [0.25, 0.3) is 11.1 Å². The molecule has 146 valence electrons. The van der Waals surface area contributed by atoms with E-state index in [1.54, 1.807) is 0 Å². The molecular formula is C23H28N4O. The maximum absolute atomic E-state index is 12.5. The van der Waals surface area contributed by atoms with Gasteiger partial charge in [0, 0.05) is 43.2 Å². The van der Waals surface area contributed by atoms with Crippen molar-refractivity contribution < 1.29 is 4.79 Å². The third-order valence-electron chi connectivity index (χ3n) is 5.60. The van der Waals surface area contributed by atoms with E-state index in [-0.39, 0.29) is 5.91 Å². The Morgan fingerprint density at radius 3 is 2.61 bits per heavy atom. The summed E-state index contributed by atoms with van der Waals surface area (Å²) in [5.41, 5.74) is 4.06. The molecule has 2 aromatic rings. The highest BCUT2D eigenvalue weighted by atomic mass is 16.1. The number of aromatic nitrogens is 2. The van der Waals surface area contributed by atoms with E-state index in [9.17, 15) is 4.79 Å². The molecule has 1 aliphatic heterocycles. The summed E-state index contributed by atoms with van der Waals surface area (Å²) in [7, 11) is 0. The van der Waals surface area contributed by atoms with Crippen molar-refractivity contribution in [2.24, 2.45) is 0 Å². The molecule has 5 heteroatoms. The maximum Gasteiger partial charge on any atom is 0.251 e. The van der Waals surface area contributed by atoms with E-state index in [4.69, 9.17) is 0 Å². The maximum atomic E-state index is 12.5. The SMILES string of the molecule is O=C(NCCC1=CCCCC1)c1cccc(-c2cnc(N3CCCC3)nc2)c1. The number of anilines is 1. The normalized spacial score (nSPS) is 16.7. The Kier molecular flexibility index (Phi) is 6.00. The highest BCUT2D eigenvalue weighted by Gasteiger charge is 2.15. The number of hydrogen-bond acceptors (Lipinski definition) is 4. The molecule has 0 radical (unpaired) electrons. The Morgan fingerprint density at radius 2 is 1.86 bits per heavy atom. The summed E-state index contributed by atoms with van der Waals surface area (Å²) in [5.74, 6) is 0.778. The van der Waals surface area contributed by atoms with Gasteiger partial charge in [-0.2, -0.15) is 0 Å². The van der Waals surface area contributed by atoms with Crippen LogP contribution in [0.15, 0.2) is 48.3 Å². The first kappa shape index (κ1) is 18.7. The number of carbonyl (C=O) groups excluding carboxylic acids is 1. The van der Waals surface area contributed by atoms with Gasteiger partial charge in [-0.25, -0.2) is 9.97 Å². The van der Waals surface area contributed by atoms with Gasteiger partial charge in [0.25, 0.3) is 5.91 Å². The molecule has 0 bridgehead atoms. The van der Waals surface area contributed by atoms with Crippen LogP contribution < -0.4 is 10.2 Å². The average Bonchev–Trinajstić information content (AvgIpc) is 3.30. The number of nitrogens with one attached hydrogen (secondary N) is 1. The molecule has 0 atom stereocenters. The van der Waals surface area contributed by atoms with E-state index >= 15 is 0 Å². The van der Waals surface area contributed by atoms with Crippen molar-refractivity contribution in [3.8, 4) is 11.1 Å². The Labute approximate surface area is 166 Å². The molecule has 2 heterocycles. The minimum Gasteiger partial charge on any atom is -0.352 e. The summed E-state index contributed by atoms with van der Waals surface area (Å²) in [6, 6.07) is 7.70. The van der Waals surface area contributed by atoms with Gasteiger partial charge in [-0.05, 0) is 62.6 Å². The van der Waals surface area contributed by atoms with Gasteiger partial charge in [0.1, 0.15) is 0 Å². The van der Waals surface area contributed by atoms with Crippen molar-refractivity contribution >= 4 is 11.9 Å². The molecule has 1 aromatic carbocycles. The zero-order valence-electron chi connectivity index (χ0n) is 16.4. The second-order valence-electron chi connectivity index (χ2n) is 7.66. The molecule has 28 heavy (non-hydrogen) atoms. The number of carbonyl (C=O) groups is 1. The van der Waals surface area contributed by atoms with Gasteiger partial charge in [-0.1, -0.05) is 23.8 Å². The van der Waals surface area contributed by atoms with Gasteiger partial charge in [0.15, 0.2) is 0 Å². The van der Waals surface area contributed by atoms with Crippen LogP contribution in [0.3, 0.4) is 0 Å². The first-order chi connectivity index (χ1) is 13.8. The molecule has 1 aromatic heterocycles. The largest absolute Gasteiger partial charge is 0.352 e. The third-order valence-corrected chi connectivity index (χ3v) is 5.60. The predicted molar refractivity (Wildman–Crippen MR) is 112 cm³/mol. The van der Waals surface area contributed by atoms with E-state index in [1.165, 1.54) is 44.1 Å². The fourth-order valence-corrected chi connectivity index (χ4v) is 3.96. The lowest BCUT2D eigenvalue weighted by Crippen LogP contribution is -2.24. The quantitative estimate of drug-likeness (QED) is 0.761. The molecular weight excluding hydrogens is 348 g/mol. The average molecular weight is 377 g/mol. The molecule has 1 fully saturated rings. The van der Waals surface area contributed by atoms with E-state index in [0.717, 1.165) is 36.6 Å². The van der Waals surface area contributed by atoms with Crippen LogP contribution in [0, 0.1) is 0 Å². The van der Waals surface area contributed by atoms with Crippen LogP contribution in [-0.4, -0.2) is 35.5 Å². The molecule has 0 spiro atoms. The van der Waals surface area contributed by atoms with Crippen molar-refractivity contribution in [2.75, 3.05) is 24.5 Å². The van der Waals surface area contributed by atoms with E-state index in [1.807, 2.05) is 36.7 Å². The summed E-state index contributed by atoms with van der Waals surface area (Å²) in [4.78, 5) is 23.8. The standard InChI is InChI=1S/C23H28N4O/c28-22(24-12-11-18-7-2-1-3-8-18)20-10-6-9-19(15-20)21-16-25-23(26-17-21)27-13-4-5-14-27/h6-7,9-10,15-17H,1-5,8,11-14H2,(H,24,28). The fraction of sp³-hybridized carbons (Fsp3) is 0.435. The minimum absolute atomic E-state index is 0.0205. The van der Waals surface area contributed by atoms with Crippen LogP contribution >= 0.6 is 0 Å². The van der Waals surface area contributed by atoms with Crippen LogP contribution in [-0.2, 0) is 0 Å². The summed E-state index contributed by atoms with van der Waals surface area (Å²) >= 11 is 0. The van der Waals surface area contributed by atoms with Crippen molar-refractivity contribution in [2.45, 2.75) is 44.9 Å². The van der Waals surface area contributed by atoms with E-state index < -0.39 is 0 Å². The third kappa shape index (κ3) is 4.58. The zero-order valence-corrected chi connectivity index (χ0v) is 16.4. The molecule has 0 saturated carbocycles. The zero-order chi connectivity index (χ0) is 19.2. The van der Waals surface area contributed by atoms with Gasteiger partial charge in [0.2, 0.25) is 5.95 Å². The van der Waals surface area contributed by atoms with Gasteiger partial charge in [-0.3, -0.25) is 4.79 Å². The first-order valence-corrected chi connectivity index (χ1v) is 10.4. The topological polar surface area (TPSA) is 58.1 Å². The minimum atomic E-state index is -0.0205. The van der Waals surface area contributed by atoms with E-state index in [0.29, 0.717) is 12.1 Å². The van der Waals surface area contributed by atoms with Crippen molar-refractivity contribution in [3.05, 3.63) is 53.9 Å². The van der Waals surface area contributed by atoms with Crippen molar-refractivity contribution in [3.63, 3.8) is 0 Å². The lowest BCUT2D eigenvalue weighted by Gasteiger charge is -2.15. The predicted octanol–water partition coefficient (Wildman–Crippen LogP) is 4.36. The lowest BCUT2D eigenvalue weighted by atomic mass is 9.97. The summed E-state index contributed by atoms with van der Waals surface area (Å²) in [6.07, 6.45) is 14.4. The van der Waals surface area contributed by atoms with Crippen LogP contribution in [0.1, 0.15) is 55.3 Å². The molecule has 1 aliphatic carbocycles. The lowest BCUT2D eigenvalue weighted by molar-refractivity contribution is 0.0954. The van der Waals surface area contributed by atoms with Crippen LogP contribution in [0.2, 0.25) is 0 Å². The molecule has 0 unspecified atom stereocenters. The molecule has 1 amide bonds. The van der Waals surface area contributed by atoms with Crippen LogP contribution in [0.5, 0.6) is 0 Å². The van der Waals surface area contributed by atoms with Crippen molar-refractivity contribution in [1.29, 1.82) is 0 Å². The molecule has 5 nitrogen and oxygen atoms in total. The second kappa shape index (κ2) is 9.00. The molecule has 1 saturated heterocycles. The van der Waals surface area contributed by atoms with Gasteiger partial charge in [-0.15, -0.1) is 0 Å². The monoisotopic (exact) mass is 376 g/mol. The highest BCUT2D eigenvalue weighted by Crippen LogP contribution is 2.22. The number of benzene rings is 1. The van der Waals surface area contributed by atoms with Gasteiger partial charge < -0.3 is 10.2 Å². The summed E-state index contributed by atoms with van der Waals surface area (Å²) in [5, 5.41) is 3.05. The number of amides is 1. The Bertz CT molecular complexity index is 838. The summed E-state index contributed by atoms with van der Waals surface area (Å²) in [6.45, 7) is 2.76. The Balaban J connectivity index is 1.37. The highest BCUT2D eigenvalue weighted by molar-refractivity contribution is 5.95. The fourth-order valence-electron chi connectivity index (χ4n) is 3.96. The van der Waals surface area contributed by atoms with Gasteiger partial charge >= 0.3 is 0 Å². The van der Waals surface area contributed by atoms with Gasteiger partial charge in [0.05, 0.1) is 0 Å². The van der Waals surface area contributed by atoms with E-state index in [2.05, 4.69) is 26.3 Å². The number of allylic oxidation sites excluding steroid dienone is 1. The Morgan fingerprint density at radius 1 is 1.04 bits per heavy atom. The van der Waals surface area contributed by atoms with Crippen LogP contribution in [0.4, 0.5) is 5.95 Å². The smallest absolute Gasteiger partial charge is 0.251 e. The molecule has 1 N–H and O–H groups in total. The molecule has 4 rings (SSSR count). The number of hydrogen-bond donors (Lipinski definition) is 1. The summed E-state index contributed by atoms with van der Waals surface area (Å²) < 4.78 is 0. The first-order valence-electron chi connectivity index (χ1n) is 10.4. The number of nitrogens with zero attached hydrogens (tertiary/aromatic N) is 3. The van der Waals surface area contributed by atoms with Crippen molar-refractivity contribution in [1.82, 2.24) is 15.3 Å². The number of rotatable bonds is 6.